The summed E-state index contributed by atoms with van der Waals surface area (Å²) in [4.78, 5) is 24.3. The molecule has 0 bridgehead atoms. The first-order valence-corrected chi connectivity index (χ1v) is 12.6. The van der Waals surface area contributed by atoms with Gasteiger partial charge in [0.05, 0.1) is 24.5 Å². The molecule has 34 heavy (non-hydrogen) atoms. The predicted octanol–water partition coefficient (Wildman–Crippen LogP) is 3.38. The second-order valence-corrected chi connectivity index (χ2v) is 9.22. The van der Waals surface area contributed by atoms with Gasteiger partial charge < -0.3 is 19.5 Å². The number of rotatable bonds is 13. The fraction of sp³-hybridized carbons (Fsp3) is 0.417. The standard InChI is InChI=1S/C24H32N2O7S/c1-5-26(6-2)34(29,30)21-13-8-18(4)22(16-21)25-23(27)17-33-24(28)14-15-32-20-11-9-19(10-12-20)31-7-3/h8-13,16H,5-7,14-15,17H2,1-4H3,(H,25,27). The molecule has 0 unspecified atom stereocenters. The number of hydrogen-bond donors (Lipinski definition) is 1. The molecule has 0 radical (unpaired) electrons. The third-order valence-corrected chi connectivity index (χ3v) is 6.95. The van der Waals surface area contributed by atoms with Crippen LogP contribution in [-0.4, -0.2) is 57.5 Å². The van der Waals surface area contributed by atoms with Gasteiger partial charge >= 0.3 is 5.97 Å². The molecule has 0 spiro atoms. The first-order chi connectivity index (χ1) is 16.2. The molecule has 0 aromatic heterocycles. The highest BCUT2D eigenvalue weighted by atomic mass is 32.2. The number of nitrogens with zero attached hydrogens (tertiary/aromatic N) is 1. The quantitative estimate of drug-likeness (QED) is 0.427. The fourth-order valence-corrected chi connectivity index (χ4v) is 4.55. The number of carbonyl (C=O) groups is 2. The van der Waals surface area contributed by atoms with Crippen molar-refractivity contribution in [2.45, 2.75) is 39.0 Å². The Balaban J connectivity index is 1.84. The predicted molar refractivity (Wildman–Crippen MR) is 129 cm³/mol. The lowest BCUT2D eigenvalue weighted by atomic mass is 10.2. The average Bonchev–Trinajstić information content (AvgIpc) is 2.81. The SMILES string of the molecule is CCOc1ccc(OCCC(=O)OCC(=O)Nc2cc(S(=O)(=O)N(CC)CC)ccc2C)cc1. The zero-order chi connectivity index (χ0) is 25.1. The molecule has 0 saturated carbocycles. The van der Waals surface area contributed by atoms with Gasteiger partial charge in [-0.2, -0.15) is 4.31 Å². The Morgan fingerprint density at radius 3 is 2.15 bits per heavy atom. The van der Waals surface area contributed by atoms with Crippen LogP contribution < -0.4 is 14.8 Å². The van der Waals surface area contributed by atoms with E-state index in [1.165, 1.54) is 16.4 Å². The third-order valence-electron chi connectivity index (χ3n) is 4.90. The van der Waals surface area contributed by atoms with Crippen molar-refractivity contribution in [2.24, 2.45) is 0 Å². The number of anilines is 1. The van der Waals surface area contributed by atoms with Crippen molar-refractivity contribution in [1.82, 2.24) is 4.31 Å². The van der Waals surface area contributed by atoms with Crippen LogP contribution in [-0.2, 0) is 24.3 Å². The molecule has 9 nitrogen and oxygen atoms in total. The van der Waals surface area contributed by atoms with Crippen LogP contribution in [0.15, 0.2) is 47.4 Å². The number of aryl methyl sites for hydroxylation is 1. The van der Waals surface area contributed by atoms with Crippen LogP contribution in [0.1, 0.15) is 32.8 Å². The normalized spacial score (nSPS) is 11.2. The van der Waals surface area contributed by atoms with Gasteiger partial charge in [-0.1, -0.05) is 19.9 Å². The van der Waals surface area contributed by atoms with Crippen molar-refractivity contribution >= 4 is 27.6 Å². The molecule has 2 aromatic rings. The van der Waals surface area contributed by atoms with Crippen molar-refractivity contribution in [3.05, 3.63) is 48.0 Å². The Bertz CT molecular complexity index is 1070. The number of esters is 1. The average molecular weight is 493 g/mol. The minimum atomic E-state index is -3.66. The molecule has 1 N–H and O–H groups in total. The third kappa shape index (κ3) is 7.74. The van der Waals surface area contributed by atoms with Gasteiger partial charge in [-0.05, 0) is 55.8 Å². The lowest BCUT2D eigenvalue weighted by Gasteiger charge is -2.19. The molecule has 0 saturated heterocycles. The molecular weight excluding hydrogens is 460 g/mol. The maximum atomic E-state index is 12.7. The van der Waals surface area contributed by atoms with Gasteiger partial charge in [0.2, 0.25) is 10.0 Å². The van der Waals surface area contributed by atoms with E-state index >= 15 is 0 Å². The molecule has 0 fully saturated rings. The van der Waals surface area contributed by atoms with E-state index in [0.29, 0.717) is 36.7 Å². The van der Waals surface area contributed by atoms with E-state index < -0.39 is 28.5 Å². The molecule has 10 heteroatoms. The lowest BCUT2D eigenvalue weighted by Crippen LogP contribution is -2.30. The van der Waals surface area contributed by atoms with E-state index in [0.717, 1.165) is 5.75 Å². The van der Waals surface area contributed by atoms with Crippen LogP contribution in [0.4, 0.5) is 5.69 Å². The highest BCUT2D eigenvalue weighted by Crippen LogP contribution is 2.23. The monoisotopic (exact) mass is 492 g/mol. The van der Waals surface area contributed by atoms with Crippen LogP contribution >= 0.6 is 0 Å². The number of benzene rings is 2. The van der Waals surface area contributed by atoms with Crippen LogP contribution in [0.2, 0.25) is 0 Å². The Morgan fingerprint density at radius 1 is 0.941 bits per heavy atom. The Morgan fingerprint density at radius 2 is 1.56 bits per heavy atom. The van der Waals surface area contributed by atoms with E-state index in [9.17, 15) is 18.0 Å². The molecule has 0 aliphatic rings. The summed E-state index contributed by atoms with van der Waals surface area (Å²) >= 11 is 0. The maximum absolute atomic E-state index is 12.7. The number of amides is 1. The molecule has 0 aliphatic carbocycles. The lowest BCUT2D eigenvalue weighted by molar-refractivity contribution is -0.147. The van der Waals surface area contributed by atoms with E-state index in [2.05, 4.69) is 5.32 Å². The molecule has 2 aromatic carbocycles. The molecule has 2 rings (SSSR count). The first-order valence-electron chi connectivity index (χ1n) is 11.1. The Hall–Kier alpha value is -3.11. The summed E-state index contributed by atoms with van der Waals surface area (Å²) in [6, 6.07) is 11.5. The molecule has 186 valence electrons. The van der Waals surface area contributed by atoms with E-state index in [-0.39, 0.29) is 17.9 Å². The number of hydrogen-bond acceptors (Lipinski definition) is 7. The number of sulfonamides is 1. The van der Waals surface area contributed by atoms with Gasteiger partial charge in [0.15, 0.2) is 6.61 Å². The van der Waals surface area contributed by atoms with Crippen molar-refractivity contribution in [3.8, 4) is 11.5 Å². The van der Waals surface area contributed by atoms with Gasteiger partial charge in [0.1, 0.15) is 11.5 Å². The van der Waals surface area contributed by atoms with Gasteiger partial charge in [0, 0.05) is 18.8 Å². The smallest absolute Gasteiger partial charge is 0.309 e. The van der Waals surface area contributed by atoms with Crippen molar-refractivity contribution < 1.29 is 32.2 Å². The van der Waals surface area contributed by atoms with Crippen LogP contribution in [0, 0.1) is 6.92 Å². The topological polar surface area (TPSA) is 111 Å². The van der Waals surface area contributed by atoms with Gasteiger partial charge in [0.25, 0.3) is 5.91 Å². The summed E-state index contributed by atoms with van der Waals surface area (Å²) in [7, 11) is -3.66. The minimum absolute atomic E-state index is 0.0306. The number of carbonyl (C=O) groups excluding carboxylic acids is 2. The van der Waals surface area contributed by atoms with E-state index in [1.807, 2.05) is 6.92 Å². The zero-order valence-corrected chi connectivity index (χ0v) is 20.8. The largest absolute Gasteiger partial charge is 0.494 e. The Labute approximate surface area is 201 Å². The summed E-state index contributed by atoms with van der Waals surface area (Å²) in [5, 5.41) is 2.61. The van der Waals surface area contributed by atoms with Crippen molar-refractivity contribution in [1.29, 1.82) is 0 Å². The second kappa shape index (κ2) is 13.0. The van der Waals surface area contributed by atoms with Gasteiger partial charge in [-0.25, -0.2) is 8.42 Å². The zero-order valence-electron chi connectivity index (χ0n) is 20.0. The van der Waals surface area contributed by atoms with Gasteiger partial charge in [-0.15, -0.1) is 0 Å². The summed E-state index contributed by atoms with van der Waals surface area (Å²) < 4.78 is 42.6. The summed E-state index contributed by atoms with van der Waals surface area (Å²) in [6.07, 6.45) is -0.0306. The van der Waals surface area contributed by atoms with Crippen molar-refractivity contribution in [3.63, 3.8) is 0 Å². The first kappa shape index (κ1) is 27.1. The molecule has 1 amide bonds. The van der Waals surface area contributed by atoms with Crippen LogP contribution in [0.25, 0.3) is 0 Å². The highest BCUT2D eigenvalue weighted by molar-refractivity contribution is 7.89. The van der Waals surface area contributed by atoms with Gasteiger partial charge in [-0.3, -0.25) is 9.59 Å². The highest BCUT2D eigenvalue weighted by Gasteiger charge is 2.22. The Kier molecular flexibility index (Phi) is 10.3. The summed E-state index contributed by atoms with van der Waals surface area (Å²) in [5.74, 6) is 0.160. The van der Waals surface area contributed by atoms with E-state index in [4.69, 9.17) is 14.2 Å². The minimum Gasteiger partial charge on any atom is -0.494 e. The van der Waals surface area contributed by atoms with E-state index in [1.54, 1.807) is 51.1 Å². The maximum Gasteiger partial charge on any atom is 0.309 e. The molecule has 0 aliphatic heterocycles. The molecule has 0 atom stereocenters. The summed E-state index contributed by atoms with van der Waals surface area (Å²) in [5.41, 5.74) is 1.02. The molecule has 0 heterocycles. The fourth-order valence-electron chi connectivity index (χ4n) is 3.06. The van der Waals surface area contributed by atoms with Crippen LogP contribution in [0.5, 0.6) is 11.5 Å². The second-order valence-electron chi connectivity index (χ2n) is 7.28. The van der Waals surface area contributed by atoms with Crippen LogP contribution in [0.3, 0.4) is 0 Å². The number of nitrogens with one attached hydrogen (secondary N) is 1. The number of ether oxygens (including phenoxy) is 3. The van der Waals surface area contributed by atoms with Crippen molar-refractivity contribution in [2.75, 3.05) is 38.2 Å². The summed E-state index contributed by atoms with van der Waals surface area (Å²) in [6.45, 7) is 8.01. The molecular formula is C24H32N2O7S.